The van der Waals surface area contributed by atoms with E-state index in [1.54, 1.807) is 12.1 Å². The molecule has 0 saturated carbocycles. The Balaban J connectivity index is 2.15. The van der Waals surface area contributed by atoms with Crippen LogP contribution in [0.3, 0.4) is 0 Å². The Hall–Kier alpha value is -2.64. The van der Waals surface area contributed by atoms with Crippen LogP contribution < -0.4 is 5.73 Å². The molecule has 0 spiro atoms. The molecule has 20 heavy (non-hydrogen) atoms. The first-order valence-corrected chi connectivity index (χ1v) is 6.18. The number of carbonyl (C=O) groups is 1. The lowest BCUT2D eigenvalue weighted by molar-refractivity contribution is -0.138. The average Bonchev–Trinajstić information content (AvgIpc) is 2.48. The van der Waals surface area contributed by atoms with E-state index in [0.717, 1.165) is 16.7 Å². The lowest BCUT2D eigenvalue weighted by Crippen LogP contribution is -2.32. The van der Waals surface area contributed by atoms with Crippen LogP contribution in [0.5, 0.6) is 0 Å². The number of aliphatic carboxylic acids is 1. The molecular formula is C16H14N2O2. The number of benzene rings is 2. The molecule has 0 aromatic heterocycles. The van der Waals surface area contributed by atoms with Crippen LogP contribution in [-0.2, 0) is 11.2 Å². The first-order valence-electron chi connectivity index (χ1n) is 6.18. The monoisotopic (exact) mass is 266 g/mol. The van der Waals surface area contributed by atoms with Gasteiger partial charge in [-0.15, -0.1) is 0 Å². The summed E-state index contributed by atoms with van der Waals surface area (Å²) in [6.07, 6.45) is 0.309. The van der Waals surface area contributed by atoms with Gasteiger partial charge in [0.25, 0.3) is 0 Å². The van der Waals surface area contributed by atoms with E-state index in [2.05, 4.69) is 6.07 Å². The van der Waals surface area contributed by atoms with Gasteiger partial charge in [-0.3, -0.25) is 4.79 Å². The molecule has 2 rings (SSSR count). The van der Waals surface area contributed by atoms with Crippen LogP contribution >= 0.6 is 0 Å². The van der Waals surface area contributed by atoms with Crippen molar-refractivity contribution in [2.75, 3.05) is 0 Å². The van der Waals surface area contributed by atoms with Gasteiger partial charge in [0, 0.05) is 0 Å². The Morgan fingerprint density at radius 1 is 1.10 bits per heavy atom. The Bertz CT molecular complexity index is 640. The maximum atomic E-state index is 10.7. The van der Waals surface area contributed by atoms with E-state index in [1.807, 2.05) is 36.4 Å². The third kappa shape index (κ3) is 3.22. The number of nitrogens with two attached hydrogens (primary N) is 1. The van der Waals surface area contributed by atoms with Crippen molar-refractivity contribution in [3.63, 3.8) is 0 Å². The van der Waals surface area contributed by atoms with Crippen LogP contribution in [0.2, 0.25) is 0 Å². The number of hydrogen-bond acceptors (Lipinski definition) is 3. The van der Waals surface area contributed by atoms with Crippen LogP contribution in [-0.4, -0.2) is 17.1 Å². The molecule has 0 aliphatic heterocycles. The highest BCUT2D eigenvalue weighted by Gasteiger charge is 2.11. The summed E-state index contributed by atoms with van der Waals surface area (Å²) in [6, 6.07) is 16.1. The van der Waals surface area contributed by atoms with Crippen molar-refractivity contribution in [3.8, 4) is 17.2 Å². The highest BCUT2D eigenvalue weighted by Crippen LogP contribution is 2.20. The molecule has 0 amide bonds. The van der Waals surface area contributed by atoms with E-state index in [1.165, 1.54) is 0 Å². The number of carboxylic acid groups (broad SMARTS) is 1. The second-order valence-electron chi connectivity index (χ2n) is 4.53. The molecular weight excluding hydrogens is 252 g/mol. The Kier molecular flexibility index (Phi) is 4.14. The fourth-order valence-electron chi connectivity index (χ4n) is 1.91. The van der Waals surface area contributed by atoms with Crippen molar-refractivity contribution in [1.29, 1.82) is 5.26 Å². The number of carboxylic acids is 1. The summed E-state index contributed by atoms with van der Waals surface area (Å²) < 4.78 is 0. The maximum Gasteiger partial charge on any atom is 0.320 e. The van der Waals surface area contributed by atoms with Gasteiger partial charge in [0.1, 0.15) is 6.04 Å². The Morgan fingerprint density at radius 2 is 1.60 bits per heavy atom. The fraction of sp³-hybridized carbons (Fsp3) is 0.125. The number of rotatable bonds is 4. The highest BCUT2D eigenvalue weighted by atomic mass is 16.4. The lowest BCUT2D eigenvalue weighted by Gasteiger charge is -2.07. The molecule has 4 nitrogen and oxygen atoms in total. The van der Waals surface area contributed by atoms with E-state index < -0.39 is 12.0 Å². The van der Waals surface area contributed by atoms with Crippen molar-refractivity contribution in [3.05, 3.63) is 59.7 Å². The number of nitriles is 1. The molecule has 0 heterocycles. The number of hydrogen-bond donors (Lipinski definition) is 2. The largest absolute Gasteiger partial charge is 0.480 e. The second-order valence-corrected chi connectivity index (χ2v) is 4.53. The standard InChI is InChI=1S/C16H14N2O2/c17-10-12-3-7-14(8-4-12)13-5-1-11(2-6-13)9-15(18)16(19)20/h1-8,15H,9,18H2,(H,19,20)/t15-/m0/s1. The van der Waals surface area contributed by atoms with E-state index in [4.69, 9.17) is 16.1 Å². The van der Waals surface area contributed by atoms with Gasteiger partial charge in [0.05, 0.1) is 11.6 Å². The van der Waals surface area contributed by atoms with Crippen molar-refractivity contribution in [2.45, 2.75) is 12.5 Å². The predicted octanol–water partition coefficient (Wildman–Crippen LogP) is 2.18. The Morgan fingerprint density at radius 3 is 2.05 bits per heavy atom. The number of nitrogens with zero attached hydrogens (tertiary/aromatic N) is 1. The minimum Gasteiger partial charge on any atom is -0.480 e. The van der Waals surface area contributed by atoms with E-state index in [-0.39, 0.29) is 0 Å². The molecule has 3 N–H and O–H groups in total. The van der Waals surface area contributed by atoms with Gasteiger partial charge in [-0.25, -0.2) is 0 Å². The fourth-order valence-corrected chi connectivity index (χ4v) is 1.91. The topological polar surface area (TPSA) is 87.1 Å². The van der Waals surface area contributed by atoms with Crippen LogP contribution in [0, 0.1) is 11.3 Å². The molecule has 0 aliphatic carbocycles. The van der Waals surface area contributed by atoms with Gasteiger partial charge in [-0.05, 0) is 35.2 Å². The normalized spacial score (nSPS) is 11.6. The van der Waals surface area contributed by atoms with Crippen molar-refractivity contribution >= 4 is 5.97 Å². The zero-order valence-corrected chi connectivity index (χ0v) is 10.8. The molecule has 0 unspecified atom stereocenters. The SMILES string of the molecule is N#Cc1ccc(-c2ccc(C[C@H](N)C(=O)O)cc2)cc1. The summed E-state index contributed by atoms with van der Waals surface area (Å²) in [7, 11) is 0. The van der Waals surface area contributed by atoms with E-state index in [0.29, 0.717) is 12.0 Å². The van der Waals surface area contributed by atoms with Crippen molar-refractivity contribution in [2.24, 2.45) is 5.73 Å². The molecule has 0 bridgehead atoms. The average molecular weight is 266 g/mol. The maximum absolute atomic E-state index is 10.7. The summed E-state index contributed by atoms with van der Waals surface area (Å²) in [5.41, 5.74) is 9.04. The predicted molar refractivity (Wildman–Crippen MR) is 75.9 cm³/mol. The second kappa shape index (κ2) is 6.00. The van der Waals surface area contributed by atoms with Gasteiger partial charge < -0.3 is 10.8 Å². The third-order valence-electron chi connectivity index (χ3n) is 3.07. The van der Waals surface area contributed by atoms with Crippen molar-refractivity contribution in [1.82, 2.24) is 0 Å². The molecule has 2 aromatic rings. The molecule has 0 aliphatic rings. The molecule has 0 fully saturated rings. The highest BCUT2D eigenvalue weighted by molar-refractivity contribution is 5.73. The van der Waals surface area contributed by atoms with E-state index >= 15 is 0 Å². The van der Waals surface area contributed by atoms with Gasteiger partial charge >= 0.3 is 5.97 Å². The first-order chi connectivity index (χ1) is 9.60. The van der Waals surface area contributed by atoms with Crippen molar-refractivity contribution < 1.29 is 9.90 Å². The summed E-state index contributed by atoms with van der Waals surface area (Å²) in [6.45, 7) is 0. The quantitative estimate of drug-likeness (QED) is 0.887. The summed E-state index contributed by atoms with van der Waals surface area (Å²) in [5, 5.41) is 17.5. The molecule has 0 saturated heterocycles. The lowest BCUT2D eigenvalue weighted by atomic mass is 10.0. The first kappa shape index (κ1) is 13.8. The van der Waals surface area contributed by atoms with Crippen LogP contribution in [0.1, 0.15) is 11.1 Å². The third-order valence-corrected chi connectivity index (χ3v) is 3.07. The summed E-state index contributed by atoms with van der Waals surface area (Å²) in [5.74, 6) is -0.999. The zero-order chi connectivity index (χ0) is 14.5. The molecule has 2 aromatic carbocycles. The molecule has 100 valence electrons. The minimum absolute atomic E-state index is 0.309. The zero-order valence-electron chi connectivity index (χ0n) is 10.8. The summed E-state index contributed by atoms with van der Waals surface area (Å²) >= 11 is 0. The van der Waals surface area contributed by atoms with Gasteiger partial charge in [0.2, 0.25) is 0 Å². The molecule has 4 heteroatoms. The smallest absolute Gasteiger partial charge is 0.320 e. The molecule has 0 radical (unpaired) electrons. The Labute approximate surface area is 117 Å². The van der Waals surface area contributed by atoms with Crippen LogP contribution in [0.25, 0.3) is 11.1 Å². The van der Waals surface area contributed by atoms with Crippen LogP contribution in [0.15, 0.2) is 48.5 Å². The summed E-state index contributed by atoms with van der Waals surface area (Å²) in [4.78, 5) is 10.7. The molecule has 1 atom stereocenters. The van der Waals surface area contributed by atoms with Crippen LogP contribution in [0.4, 0.5) is 0 Å². The van der Waals surface area contributed by atoms with Gasteiger partial charge in [-0.1, -0.05) is 36.4 Å². The minimum atomic E-state index is -0.999. The van der Waals surface area contributed by atoms with Gasteiger partial charge in [0.15, 0.2) is 0 Å². The van der Waals surface area contributed by atoms with Gasteiger partial charge in [-0.2, -0.15) is 5.26 Å². The van der Waals surface area contributed by atoms with E-state index in [9.17, 15) is 4.79 Å².